The number of amides is 1. The van der Waals surface area contributed by atoms with Gasteiger partial charge in [0.05, 0.1) is 18.1 Å². The first-order chi connectivity index (χ1) is 9.19. The quantitative estimate of drug-likeness (QED) is 0.676. The van der Waals surface area contributed by atoms with E-state index in [0.717, 1.165) is 11.3 Å². The highest BCUT2D eigenvalue weighted by atomic mass is 32.2. The SMILES string of the molecule is CCOc1ccc(/C=N\N=C2/NC(=O)[C@@H](C)S2)cc1. The summed E-state index contributed by atoms with van der Waals surface area (Å²) in [6.45, 7) is 4.43. The predicted molar refractivity (Wildman–Crippen MR) is 77.8 cm³/mol. The van der Waals surface area contributed by atoms with Crippen molar-refractivity contribution in [1.82, 2.24) is 5.32 Å². The van der Waals surface area contributed by atoms with Crippen molar-refractivity contribution in [3.63, 3.8) is 0 Å². The van der Waals surface area contributed by atoms with Crippen LogP contribution in [0.4, 0.5) is 0 Å². The van der Waals surface area contributed by atoms with E-state index in [0.29, 0.717) is 11.8 Å². The standard InChI is InChI=1S/C13H15N3O2S/c1-3-18-11-6-4-10(5-7-11)8-14-16-13-15-12(17)9(2)19-13/h4-9H,3H2,1-2H3,(H,15,16,17)/b14-8-/t9-/m1/s1. The summed E-state index contributed by atoms with van der Waals surface area (Å²) in [6, 6.07) is 7.56. The number of amidine groups is 1. The smallest absolute Gasteiger partial charge is 0.239 e. The normalized spacial score (nSPS) is 21.1. The predicted octanol–water partition coefficient (Wildman–Crippen LogP) is 2.03. The number of rotatable bonds is 4. The molecule has 0 spiro atoms. The largest absolute Gasteiger partial charge is 0.494 e. The fourth-order valence-electron chi connectivity index (χ4n) is 1.47. The van der Waals surface area contributed by atoms with Crippen molar-refractivity contribution in [1.29, 1.82) is 0 Å². The van der Waals surface area contributed by atoms with Gasteiger partial charge in [0.2, 0.25) is 5.91 Å². The second kappa shape index (κ2) is 6.38. The Morgan fingerprint density at radius 3 is 2.74 bits per heavy atom. The van der Waals surface area contributed by atoms with Gasteiger partial charge in [-0.25, -0.2) is 0 Å². The Morgan fingerprint density at radius 1 is 1.42 bits per heavy atom. The number of nitrogens with zero attached hydrogens (tertiary/aromatic N) is 2. The number of hydrogen-bond donors (Lipinski definition) is 1. The molecular weight excluding hydrogens is 262 g/mol. The van der Waals surface area contributed by atoms with Crippen molar-refractivity contribution >= 4 is 29.1 Å². The third-order valence-electron chi connectivity index (χ3n) is 2.43. The van der Waals surface area contributed by atoms with Gasteiger partial charge in [-0.1, -0.05) is 11.8 Å². The summed E-state index contributed by atoms with van der Waals surface area (Å²) in [7, 11) is 0. The maximum absolute atomic E-state index is 11.2. The first-order valence-electron chi connectivity index (χ1n) is 6.00. The molecule has 1 aromatic rings. The van der Waals surface area contributed by atoms with E-state index in [1.54, 1.807) is 6.21 Å². The first-order valence-corrected chi connectivity index (χ1v) is 6.88. The van der Waals surface area contributed by atoms with Gasteiger partial charge >= 0.3 is 0 Å². The minimum absolute atomic E-state index is 0.0278. The summed E-state index contributed by atoms with van der Waals surface area (Å²) < 4.78 is 5.35. The van der Waals surface area contributed by atoms with Gasteiger partial charge in [0.25, 0.3) is 0 Å². The molecule has 1 saturated heterocycles. The molecule has 2 rings (SSSR count). The number of thioether (sulfide) groups is 1. The maximum atomic E-state index is 11.2. The Hall–Kier alpha value is -1.82. The van der Waals surface area contributed by atoms with Crippen LogP contribution < -0.4 is 10.1 Å². The number of ether oxygens (including phenoxy) is 1. The fourth-order valence-corrected chi connectivity index (χ4v) is 2.23. The van der Waals surface area contributed by atoms with Crippen LogP contribution in [0.3, 0.4) is 0 Å². The molecule has 1 amide bonds. The van der Waals surface area contributed by atoms with Gasteiger partial charge in [-0.15, -0.1) is 5.10 Å². The van der Waals surface area contributed by atoms with Crippen LogP contribution in [0.2, 0.25) is 0 Å². The van der Waals surface area contributed by atoms with Crippen LogP contribution in [0.5, 0.6) is 5.75 Å². The Bertz CT molecular complexity index is 511. The highest BCUT2D eigenvalue weighted by Crippen LogP contribution is 2.18. The van der Waals surface area contributed by atoms with Crippen LogP contribution in [0, 0.1) is 0 Å². The summed E-state index contributed by atoms with van der Waals surface area (Å²) >= 11 is 1.37. The molecule has 0 aromatic heterocycles. The van der Waals surface area contributed by atoms with E-state index in [2.05, 4.69) is 15.5 Å². The lowest BCUT2D eigenvalue weighted by molar-refractivity contribution is -0.118. The molecule has 0 saturated carbocycles. The lowest BCUT2D eigenvalue weighted by Gasteiger charge is -2.01. The van der Waals surface area contributed by atoms with Crippen LogP contribution >= 0.6 is 11.8 Å². The van der Waals surface area contributed by atoms with Crippen molar-refractivity contribution in [2.24, 2.45) is 10.2 Å². The van der Waals surface area contributed by atoms with Crippen molar-refractivity contribution in [2.45, 2.75) is 19.1 Å². The number of benzene rings is 1. The summed E-state index contributed by atoms with van der Waals surface area (Å²) in [5, 5.41) is 11.0. The molecule has 1 N–H and O–H groups in total. The van der Waals surface area contributed by atoms with E-state index < -0.39 is 0 Å². The van der Waals surface area contributed by atoms with E-state index in [1.165, 1.54) is 11.8 Å². The molecule has 0 unspecified atom stereocenters. The topological polar surface area (TPSA) is 63.1 Å². The molecule has 0 aliphatic carbocycles. The molecule has 0 radical (unpaired) electrons. The first kappa shape index (κ1) is 13.6. The average molecular weight is 277 g/mol. The summed E-state index contributed by atoms with van der Waals surface area (Å²) in [5.41, 5.74) is 0.926. The maximum Gasteiger partial charge on any atom is 0.239 e. The minimum Gasteiger partial charge on any atom is -0.494 e. The summed E-state index contributed by atoms with van der Waals surface area (Å²) in [5.74, 6) is 0.804. The van der Waals surface area contributed by atoms with E-state index in [-0.39, 0.29) is 11.2 Å². The zero-order valence-electron chi connectivity index (χ0n) is 10.8. The summed E-state index contributed by atoms with van der Waals surface area (Å²) in [4.78, 5) is 11.2. The monoisotopic (exact) mass is 277 g/mol. The van der Waals surface area contributed by atoms with Gasteiger partial charge in [-0.2, -0.15) is 5.10 Å². The van der Waals surface area contributed by atoms with Crippen molar-refractivity contribution in [2.75, 3.05) is 6.61 Å². The van der Waals surface area contributed by atoms with Gasteiger partial charge in [0.1, 0.15) is 5.75 Å². The molecule has 1 aromatic carbocycles. The molecular formula is C13H15N3O2S. The van der Waals surface area contributed by atoms with Crippen LogP contribution in [0.25, 0.3) is 0 Å². The Kier molecular flexibility index (Phi) is 4.57. The van der Waals surface area contributed by atoms with E-state index >= 15 is 0 Å². The van der Waals surface area contributed by atoms with Crippen molar-refractivity contribution < 1.29 is 9.53 Å². The molecule has 1 aliphatic heterocycles. The van der Waals surface area contributed by atoms with Crippen molar-refractivity contribution in [3.05, 3.63) is 29.8 Å². The summed E-state index contributed by atoms with van der Waals surface area (Å²) in [6.07, 6.45) is 1.64. The highest BCUT2D eigenvalue weighted by Gasteiger charge is 2.25. The molecule has 5 nitrogen and oxygen atoms in total. The zero-order valence-corrected chi connectivity index (χ0v) is 11.6. The van der Waals surface area contributed by atoms with Crippen LogP contribution in [-0.2, 0) is 4.79 Å². The van der Waals surface area contributed by atoms with E-state index in [1.807, 2.05) is 38.1 Å². The van der Waals surface area contributed by atoms with Gasteiger partial charge in [0, 0.05) is 0 Å². The molecule has 100 valence electrons. The third-order valence-corrected chi connectivity index (χ3v) is 3.41. The Labute approximate surface area is 116 Å². The van der Waals surface area contributed by atoms with Gasteiger partial charge in [0.15, 0.2) is 5.17 Å². The van der Waals surface area contributed by atoms with Crippen LogP contribution in [0.15, 0.2) is 34.5 Å². The molecule has 1 aliphatic rings. The van der Waals surface area contributed by atoms with Crippen molar-refractivity contribution in [3.8, 4) is 5.75 Å². The fraction of sp³-hybridized carbons (Fsp3) is 0.308. The lowest BCUT2D eigenvalue weighted by atomic mass is 10.2. The number of carbonyl (C=O) groups excluding carboxylic acids is 1. The number of hydrogen-bond acceptors (Lipinski definition) is 5. The zero-order chi connectivity index (χ0) is 13.7. The lowest BCUT2D eigenvalue weighted by Crippen LogP contribution is -2.23. The van der Waals surface area contributed by atoms with Gasteiger partial charge < -0.3 is 10.1 Å². The second-order valence-corrected chi connectivity index (χ2v) is 5.23. The molecule has 0 bridgehead atoms. The molecule has 1 atom stereocenters. The van der Waals surface area contributed by atoms with Gasteiger partial charge in [-0.3, -0.25) is 4.79 Å². The number of carbonyl (C=O) groups is 1. The Morgan fingerprint density at radius 2 is 2.16 bits per heavy atom. The minimum atomic E-state index is -0.0978. The average Bonchev–Trinajstić information content (AvgIpc) is 2.71. The molecule has 19 heavy (non-hydrogen) atoms. The van der Waals surface area contributed by atoms with E-state index in [4.69, 9.17) is 4.74 Å². The number of nitrogens with one attached hydrogen (secondary N) is 1. The molecule has 1 fully saturated rings. The van der Waals surface area contributed by atoms with Crippen LogP contribution in [0.1, 0.15) is 19.4 Å². The molecule has 6 heteroatoms. The van der Waals surface area contributed by atoms with E-state index in [9.17, 15) is 4.79 Å². The third kappa shape index (κ3) is 3.82. The highest BCUT2D eigenvalue weighted by molar-refractivity contribution is 8.15. The second-order valence-electron chi connectivity index (χ2n) is 3.90. The molecule has 1 heterocycles. The van der Waals surface area contributed by atoms with Gasteiger partial charge in [-0.05, 0) is 43.7 Å². The Balaban J connectivity index is 1.95. The van der Waals surface area contributed by atoms with Crippen LogP contribution in [-0.4, -0.2) is 29.1 Å².